The molecule has 1 aliphatic heterocycles. The second kappa shape index (κ2) is 5.44. The molecule has 2 rings (SSSR count). The first-order chi connectivity index (χ1) is 8.22. The smallest absolute Gasteiger partial charge is 0.110 e. The molecule has 1 fully saturated rings. The summed E-state index contributed by atoms with van der Waals surface area (Å²) in [5.74, 6) is 0. The number of nitrogens with zero attached hydrogens (tertiary/aromatic N) is 2. The van der Waals surface area contributed by atoms with Gasteiger partial charge in [-0.25, -0.2) is 0 Å². The number of aliphatic hydroxyl groups is 1. The minimum Gasteiger partial charge on any atom is -0.398 e. The summed E-state index contributed by atoms with van der Waals surface area (Å²) in [6, 6.07) is 1.69. The third kappa shape index (κ3) is 2.74. The standard InChI is InChI=1S/C12H19N3O2/c1-2-15-5-6-17-11(8-15)12(16)9-7-14-4-3-10(9)13/h3-4,7,11-12,16H,2,5-6,8H2,1H3,(H2,13,14). The van der Waals surface area contributed by atoms with Crippen molar-refractivity contribution in [1.29, 1.82) is 0 Å². The van der Waals surface area contributed by atoms with Crippen LogP contribution in [0.2, 0.25) is 0 Å². The van der Waals surface area contributed by atoms with Gasteiger partial charge < -0.3 is 15.6 Å². The van der Waals surface area contributed by atoms with Gasteiger partial charge in [0.25, 0.3) is 0 Å². The van der Waals surface area contributed by atoms with Gasteiger partial charge in [-0.2, -0.15) is 0 Å². The second-order valence-corrected chi connectivity index (χ2v) is 4.25. The molecule has 0 amide bonds. The lowest BCUT2D eigenvalue weighted by Crippen LogP contribution is -2.44. The number of nitrogens with two attached hydrogens (primary N) is 1. The maximum atomic E-state index is 10.3. The van der Waals surface area contributed by atoms with Crippen LogP contribution in [0.15, 0.2) is 18.5 Å². The van der Waals surface area contributed by atoms with Gasteiger partial charge in [0.2, 0.25) is 0 Å². The van der Waals surface area contributed by atoms with E-state index in [-0.39, 0.29) is 6.10 Å². The Kier molecular flexibility index (Phi) is 3.93. The van der Waals surface area contributed by atoms with Crippen LogP contribution in [0.5, 0.6) is 0 Å². The van der Waals surface area contributed by atoms with Gasteiger partial charge in [0.15, 0.2) is 0 Å². The van der Waals surface area contributed by atoms with E-state index in [4.69, 9.17) is 10.5 Å². The molecule has 2 atom stereocenters. The van der Waals surface area contributed by atoms with E-state index in [9.17, 15) is 5.11 Å². The van der Waals surface area contributed by atoms with E-state index in [0.717, 1.165) is 19.6 Å². The third-order valence-corrected chi connectivity index (χ3v) is 3.18. The van der Waals surface area contributed by atoms with Crippen molar-refractivity contribution in [3.8, 4) is 0 Å². The Morgan fingerprint density at radius 3 is 3.24 bits per heavy atom. The number of aromatic nitrogens is 1. The van der Waals surface area contributed by atoms with Gasteiger partial charge in [-0.05, 0) is 12.6 Å². The molecule has 17 heavy (non-hydrogen) atoms. The van der Waals surface area contributed by atoms with Crippen molar-refractivity contribution in [2.24, 2.45) is 0 Å². The van der Waals surface area contributed by atoms with Gasteiger partial charge in [-0.15, -0.1) is 0 Å². The van der Waals surface area contributed by atoms with E-state index < -0.39 is 6.10 Å². The monoisotopic (exact) mass is 237 g/mol. The zero-order valence-electron chi connectivity index (χ0n) is 10.0. The lowest BCUT2D eigenvalue weighted by Gasteiger charge is -2.34. The maximum absolute atomic E-state index is 10.3. The first-order valence-corrected chi connectivity index (χ1v) is 5.93. The van der Waals surface area contributed by atoms with Crippen LogP contribution in [0.3, 0.4) is 0 Å². The normalized spacial score (nSPS) is 23.5. The van der Waals surface area contributed by atoms with E-state index in [1.807, 2.05) is 0 Å². The number of rotatable bonds is 3. The zero-order valence-corrected chi connectivity index (χ0v) is 10.0. The fourth-order valence-electron chi connectivity index (χ4n) is 2.07. The summed E-state index contributed by atoms with van der Waals surface area (Å²) in [5.41, 5.74) is 7.03. The Balaban J connectivity index is 2.09. The predicted molar refractivity (Wildman–Crippen MR) is 65.5 cm³/mol. The van der Waals surface area contributed by atoms with E-state index in [0.29, 0.717) is 17.9 Å². The molecular weight excluding hydrogens is 218 g/mol. The van der Waals surface area contributed by atoms with Crippen molar-refractivity contribution < 1.29 is 9.84 Å². The molecule has 1 aromatic rings. The summed E-state index contributed by atoms with van der Waals surface area (Å²) >= 11 is 0. The highest BCUT2D eigenvalue weighted by Gasteiger charge is 2.28. The van der Waals surface area contributed by atoms with Crippen LogP contribution in [0.1, 0.15) is 18.6 Å². The van der Waals surface area contributed by atoms with Crippen LogP contribution < -0.4 is 5.73 Å². The van der Waals surface area contributed by atoms with E-state index in [1.54, 1.807) is 18.5 Å². The molecule has 1 aliphatic rings. The quantitative estimate of drug-likeness (QED) is 0.797. The highest BCUT2D eigenvalue weighted by molar-refractivity contribution is 5.46. The lowest BCUT2D eigenvalue weighted by molar-refractivity contribution is -0.0887. The molecule has 0 spiro atoms. The molecule has 0 radical (unpaired) electrons. The van der Waals surface area contributed by atoms with Crippen LogP contribution in [0.25, 0.3) is 0 Å². The molecule has 1 aromatic heterocycles. The molecule has 2 unspecified atom stereocenters. The maximum Gasteiger partial charge on any atom is 0.110 e. The fraction of sp³-hybridized carbons (Fsp3) is 0.583. The molecular formula is C12H19N3O2. The van der Waals surface area contributed by atoms with Crippen LogP contribution in [0.4, 0.5) is 5.69 Å². The first-order valence-electron chi connectivity index (χ1n) is 5.93. The highest BCUT2D eigenvalue weighted by Crippen LogP contribution is 2.25. The molecule has 0 aromatic carbocycles. The minimum atomic E-state index is -0.710. The number of likely N-dealkylation sites (N-methyl/N-ethyl adjacent to an activating group) is 1. The van der Waals surface area contributed by atoms with Gasteiger partial charge in [-0.3, -0.25) is 9.88 Å². The number of hydrogen-bond donors (Lipinski definition) is 2. The summed E-state index contributed by atoms with van der Waals surface area (Å²) in [7, 11) is 0. The van der Waals surface area contributed by atoms with E-state index in [2.05, 4.69) is 16.8 Å². The van der Waals surface area contributed by atoms with E-state index >= 15 is 0 Å². The summed E-state index contributed by atoms with van der Waals surface area (Å²) in [4.78, 5) is 6.25. The lowest BCUT2D eigenvalue weighted by atomic mass is 10.0. The molecule has 5 nitrogen and oxygen atoms in total. The molecule has 2 heterocycles. The van der Waals surface area contributed by atoms with Gasteiger partial charge in [0.1, 0.15) is 12.2 Å². The number of nitrogen functional groups attached to an aromatic ring is 1. The van der Waals surface area contributed by atoms with Crippen LogP contribution in [-0.4, -0.2) is 47.3 Å². The zero-order chi connectivity index (χ0) is 12.3. The number of pyridine rings is 1. The van der Waals surface area contributed by atoms with Gasteiger partial charge in [0.05, 0.1) is 6.61 Å². The molecule has 3 N–H and O–H groups in total. The Labute approximate surface area is 101 Å². The molecule has 0 aliphatic carbocycles. The minimum absolute atomic E-state index is 0.227. The van der Waals surface area contributed by atoms with Crippen molar-refractivity contribution in [2.75, 3.05) is 32.0 Å². The van der Waals surface area contributed by atoms with Crippen molar-refractivity contribution in [1.82, 2.24) is 9.88 Å². The van der Waals surface area contributed by atoms with Gasteiger partial charge in [0, 0.05) is 36.7 Å². The number of anilines is 1. The summed E-state index contributed by atoms with van der Waals surface area (Å²) < 4.78 is 5.61. The summed E-state index contributed by atoms with van der Waals surface area (Å²) in [6.07, 6.45) is 2.29. The predicted octanol–water partition coefficient (Wildman–Crippen LogP) is 0.418. The van der Waals surface area contributed by atoms with Crippen LogP contribution in [0, 0.1) is 0 Å². The number of morpholine rings is 1. The SMILES string of the molecule is CCN1CCOC(C(O)c2cnccc2N)C1. The molecule has 5 heteroatoms. The van der Waals surface area contributed by atoms with Crippen molar-refractivity contribution in [3.05, 3.63) is 24.0 Å². The molecule has 94 valence electrons. The summed E-state index contributed by atoms with van der Waals surface area (Å²) in [5, 5.41) is 10.3. The topological polar surface area (TPSA) is 71.6 Å². The number of hydrogen-bond acceptors (Lipinski definition) is 5. The average Bonchev–Trinajstić information content (AvgIpc) is 2.38. The molecule has 1 saturated heterocycles. The Morgan fingerprint density at radius 1 is 1.71 bits per heavy atom. The molecule has 0 saturated carbocycles. The highest BCUT2D eigenvalue weighted by atomic mass is 16.5. The van der Waals surface area contributed by atoms with Crippen molar-refractivity contribution in [2.45, 2.75) is 19.1 Å². The third-order valence-electron chi connectivity index (χ3n) is 3.18. The largest absolute Gasteiger partial charge is 0.398 e. The van der Waals surface area contributed by atoms with Crippen LogP contribution in [-0.2, 0) is 4.74 Å². The van der Waals surface area contributed by atoms with Crippen molar-refractivity contribution >= 4 is 5.69 Å². The van der Waals surface area contributed by atoms with Crippen molar-refractivity contribution in [3.63, 3.8) is 0 Å². The Bertz CT molecular complexity index is 373. The number of aliphatic hydroxyl groups excluding tert-OH is 1. The average molecular weight is 237 g/mol. The number of ether oxygens (including phenoxy) is 1. The fourth-order valence-corrected chi connectivity index (χ4v) is 2.07. The Morgan fingerprint density at radius 2 is 2.53 bits per heavy atom. The molecule has 0 bridgehead atoms. The summed E-state index contributed by atoms with van der Waals surface area (Å²) in [6.45, 7) is 5.37. The van der Waals surface area contributed by atoms with Crippen LogP contribution >= 0.6 is 0 Å². The first kappa shape index (κ1) is 12.3. The van der Waals surface area contributed by atoms with Gasteiger partial charge >= 0.3 is 0 Å². The van der Waals surface area contributed by atoms with E-state index in [1.165, 1.54) is 0 Å². The second-order valence-electron chi connectivity index (χ2n) is 4.25. The Hall–Kier alpha value is -1.17. The van der Waals surface area contributed by atoms with Gasteiger partial charge in [-0.1, -0.05) is 6.92 Å².